The molecule has 1 aromatic rings. The molecule has 1 aromatic heterocycles. The summed E-state index contributed by atoms with van der Waals surface area (Å²) in [7, 11) is 0. The van der Waals surface area contributed by atoms with Gasteiger partial charge in [-0.15, -0.1) is 11.8 Å². The molecule has 1 heterocycles. The Hall–Kier alpha value is 0.590. The third kappa shape index (κ3) is 1.91. The number of rotatable bonds is 1. The number of hydrogen-bond acceptors (Lipinski definition) is 3. The fraction of sp³-hybridized carbons (Fsp3) is 0.167. The van der Waals surface area contributed by atoms with Gasteiger partial charge in [-0.1, -0.05) is 46.1 Å². The molecule has 0 aliphatic carbocycles. The molecule has 0 aromatic carbocycles. The van der Waals surface area contributed by atoms with Crippen molar-refractivity contribution in [2.24, 2.45) is 0 Å². The Labute approximate surface area is 92.6 Å². The monoisotopic (exact) mass is 260 g/mol. The molecule has 0 N–H and O–H groups in total. The van der Waals surface area contributed by atoms with Crippen LogP contribution in [0.25, 0.3) is 0 Å². The molecule has 6 heteroatoms. The van der Waals surface area contributed by atoms with Crippen molar-refractivity contribution in [1.82, 2.24) is 0 Å². The van der Waals surface area contributed by atoms with E-state index in [4.69, 9.17) is 34.8 Å². The molecule has 0 radical (unpaired) electrons. The summed E-state index contributed by atoms with van der Waals surface area (Å²) in [5, 5.41) is 0.509. The number of thioether (sulfide) groups is 1. The second-order valence-electron chi connectivity index (χ2n) is 1.82. The van der Waals surface area contributed by atoms with Crippen LogP contribution in [0.2, 0.25) is 15.1 Å². The minimum Gasteiger partial charge on any atom is -0.276 e. The topological polar surface area (TPSA) is 17.1 Å². The maximum Gasteiger partial charge on any atom is 0.253 e. The molecule has 12 heavy (non-hydrogen) atoms. The van der Waals surface area contributed by atoms with Crippen molar-refractivity contribution in [2.45, 2.75) is 4.21 Å². The van der Waals surface area contributed by atoms with Gasteiger partial charge in [-0.25, -0.2) is 0 Å². The quantitative estimate of drug-likeness (QED) is 0.716. The lowest BCUT2D eigenvalue weighted by Crippen LogP contribution is -1.96. The fourth-order valence-electron chi connectivity index (χ4n) is 0.581. The lowest BCUT2D eigenvalue weighted by molar-refractivity contribution is 1.62. The molecule has 0 atom stereocenters. The first-order valence-corrected chi connectivity index (χ1v) is 5.97. The molecule has 66 valence electrons. The highest BCUT2D eigenvalue weighted by Crippen LogP contribution is 2.36. The Morgan fingerprint density at radius 2 is 1.75 bits per heavy atom. The van der Waals surface area contributed by atoms with Crippen molar-refractivity contribution < 1.29 is 0 Å². The van der Waals surface area contributed by atoms with E-state index < -0.39 is 0 Å². The highest BCUT2D eigenvalue weighted by atomic mass is 35.5. The maximum absolute atomic E-state index is 11.1. The summed E-state index contributed by atoms with van der Waals surface area (Å²) >= 11 is 19.5. The van der Waals surface area contributed by atoms with E-state index in [2.05, 4.69) is 0 Å². The third-order valence-corrected chi connectivity index (χ3v) is 4.86. The smallest absolute Gasteiger partial charge is 0.253 e. The largest absolute Gasteiger partial charge is 0.276 e. The zero-order chi connectivity index (χ0) is 9.30. The van der Waals surface area contributed by atoms with Gasteiger partial charge in [-0.05, 0) is 6.26 Å². The van der Waals surface area contributed by atoms with Crippen LogP contribution < -0.4 is 4.74 Å². The van der Waals surface area contributed by atoms with Crippen molar-refractivity contribution in [3.63, 3.8) is 0 Å². The predicted octanol–water partition coefficient (Wildman–Crippen LogP) is 3.79. The zero-order valence-electron chi connectivity index (χ0n) is 5.86. The molecule has 0 fully saturated rings. The maximum atomic E-state index is 11.1. The minimum atomic E-state index is -0.254. The van der Waals surface area contributed by atoms with E-state index in [1.165, 1.54) is 11.8 Å². The molecule has 1 rings (SSSR count). The summed E-state index contributed by atoms with van der Waals surface area (Å²) in [4.78, 5) is 11.1. The molecule has 1 nitrogen and oxygen atoms in total. The molecular formula is C6H3Cl3OS2. The van der Waals surface area contributed by atoms with Crippen LogP contribution in [0.3, 0.4) is 0 Å². The van der Waals surface area contributed by atoms with Crippen molar-refractivity contribution in [3.8, 4) is 0 Å². The highest BCUT2D eigenvalue weighted by Gasteiger charge is 2.12. The summed E-state index contributed by atoms with van der Waals surface area (Å²) in [5.74, 6) is 0. The van der Waals surface area contributed by atoms with Crippen LogP contribution in [-0.4, -0.2) is 6.26 Å². The summed E-state index contributed by atoms with van der Waals surface area (Å²) in [6.07, 6.45) is 1.82. The molecule has 0 saturated heterocycles. The molecular weight excluding hydrogens is 259 g/mol. The van der Waals surface area contributed by atoms with Gasteiger partial charge in [0.05, 0.1) is 14.3 Å². The van der Waals surface area contributed by atoms with E-state index in [0.29, 0.717) is 9.23 Å². The van der Waals surface area contributed by atoms with Crippen molar-refractivity contribution in [3.05, 3.63) is 24.6 Å². The Kier molecular flexibility index (Phi) is 3.74. The third-order valence-electron chi connectivity index (χ3n) is 1.11. The first kappa shape index (κ1) is 10.7. The molecule has 0 amide bonds. The molecule has 0 aliphatic heterocycles. The van der Waals surface area contributed by atoms with Crippen LogP contribution in [-0.2, 0) is 0 Å². The van der Waals surface area contributed by atoms with E-state index >= 15 is 0 Å². The van der Waals surface area contributed by atoms with E-state index in [0.717, 1.165) is 11.3 Å². The summed E-state index contributed by atoms with van der Waals surface area (Å²) in [5.41, 5.74) is 0. The molecule has 0 bridgehead atoms. The normalized spacial score (nSPS) is 10.3. The van der Waals surface area contributed by atoms with Gasteiger partial charge >= 0.3 is 0 Å². The van der Waals surface area contributed by atoms with Crippen LogP contribution >= 0.6 is 57.9 Å². The standard InChI is InChI=1S/C6H3Cl3OS2/c1-11-6-4(9)2(7)3(8)5(10)12-6/h1H3. The van der Waals surface area contributed by atoms with E-state index in [9.17, 15) is 4.79 Å². The van der Waals surface area contributed by atoms with Crippen molar-refractivity contribution >= 4 is 57.9 Å². The Bertz CT molecular complexity index is 361. The molecule has 0 unspecified atom stereocenters. The van der Waals surface area contributed by atoms with Crippen molar-refractivity contribution in [2.75, 3.05) is 6.26 Å². The predicted molar refractivity (Wildman–Crippen MR) is 57.4 cm³/mol. The SMILES string of the molecule is CSc1sc(=O)c(Cl)c(Cl)c1Cl. The zero-order valence-corrected chi connectivity index (χ0v) is 9.76. The summed E-state index contributed by atoms with van der Waals surface area (Å²) < 4.78 is 0.437. The average molecular weight is 262 g/mol. The molecule has 0 aliphatic rings. The van der Waals surface area contributed by atoms with Gasteiger partial charge in [0.1, 0.15) is 5.02 Å². The van der Waals surface area contributed by atoms with E-state index in [1.54, 1.807) is 0 Å². The van der Waals surface area contributed by atoms with Crippen LogP contribution in [0.1, 0.15) is 0 Å². The van der Waals surface area contributed by atoms with Crippen LogP contribution in [0.4, 0.5) is 0 Å². The molecule has 0 spiro atoms. The second-order valence-corrected chi connectivity index (χ2v) is 5.02. The Balaban J connectivity index is 3.50. The first-order valence-electron chi connectivity index (χ1n) is 2.79. The average Bonchev–Trinajstić information content (AvgIpc) is 2.08. The van der Waals surface area contributed by atoms with Crippen molar-refractivity contribution in [1.29, 1.82) is 0 Å². The Morgan fingerprint density at radius 3 is 2.25 bits per heavy atom. The van der Waals surface area contributed by atoms with Gasteiger partial charge in [0, 0.05) is 0 Å². The van der Waals surface area contributed by atoms with E-state index in [-0.39, 0.29) is 14.8 Å². The van der Waals surface area contributed by atoms with Crippen LogP contribution in [0, 0.1) is 0 Å². The Morgan fingerprint density at radius 1 is 1.17 bits per heavy atom. The van der Waals surface area contributed by atoms with E-state index in [1.807, 2.05) is 6.26 Å². The van der Waals surface area contributed by atoms with Gasteiger partial charge in [-0.3, -0.25) is 4.79 Å². The molecule has 0 saturated carbocycles. The van der Waals surface area contributed by atoms with Crippen LogP contribution in [0.15, 0.2) is 9.00 Å². The number of hydrogen-bond donors (Lipinski definition) is 0. The number of halogens is 3. The summed E-state index contributed by atoms with van der Waals surface area (Å²) in [6.45, 7) is 0. The lowest BCUT2D eigenvalue weighted by atomic mass is 10.5. The summed E-state index contributed by atoms with van der Waals surface area (Å²) in [6, 6.07) is 0. The van der Waals surface area contributed by atoms with Gasteiger partial charge in [-0.2, -0.15) is 0 Å². The van der Waals surface area contributed by atoms with Crippen LogP contribution in [0.5, 0.6) is 0 Å². The fourth-order valence-corrected chi connectivity index (χ4v) is 3.02. The second kappa shape index (κ2) is 4.20. The van der Waals surface area contributed by atoms with Gasteiger partial charge < -0.3 is 0 Å². The van der Waals surface area contributed by atoms with Gasteiger partial charge in [0.2, 0.25) is 0 Å². The first-order chi connectivity index (χ1) is 5.57. The van der Waals surface area contributed by atoms with Gasteiger partial charge in [0.25, 0.3) is 4.74 Å². The lowest BCUT2D eigenvalue weighted by Gasteiger charge is -2.01. The minimum absolute atomic E-state index is 0.00414. The highest BCUT2D eigenvalue weighted by molar-refractivity contribution is 8.00. The van der Waals surface area contributed by atoms with Gasteiger partial charge in [0.15, 0.2) is 0 Å².